The van der Waals surface area contributed by atoms with Gasteiger partial charge in [0.1, 0.15) is 5.82 Å². The van der Waals surface area contributed by atoms with E-state index in [0.29, 0.717) is 19.0 Å². The number of aromatic nitrogens is 1. The van der Waals surface area contributed by atoms with Crippen LogP contribution in [-0.2, 0) is 11.3 Å². The minimum absolute atomic E-state index is 0.249. The molecule has 0 bridgehead atoms. The molecule has 6 heteroatoms. The first kappa shape index (κ1) is 16.3. The fourth-order valence-electron chi connectivity index (χ4n) is 2.20. The zero-order chi connectivity index (χ0) is 15.9. The summed E-state index contributed by atoms with van der Waals surface area (Å²) in [5, 5.41) is 3.01. The SMILES string of the molecule is C=C(C)CNC(N)=NCc1ccc(N2CCOC(C)C2)nc1. The van der Waals surface area contributed by atoms with Crippen LogP contribution in [0, 0.1) is 0 Å². The van der Waals surface area contributed by atoms with Gasteiger partial charge < -0.3 is 20.7 Å². The lowest BCUT2D eigenvalue weighted by molar-refractivity contribution is 0.0529. The van der Waals surface area contributed by atoms with E-state index in [2.05, 4.69) is 33.7 Å². The van der Waals surface area contributed by atoms with E-state index in [-0.39, 0.29) is 6.10 Å². The molecule has 1 aromatic heterocycles. The van der Waals surface area contributed by atoms with Crippen LogP contribution >= 0.6 is 0 Å². The van der Waals surface area contributed by atoms with E-state index in [9.17, 15) is 0 Å². The van der Waals surface area contributed by atoms with Crippen molar-refractivity contribution in [2.75, 3.05) is 31.1 Å². The molecule has 0 aromatic carbocycles. The predicted molar refractivity (Wildman–Crippen MR) is 90.0 cm³/mol. The molecule has 1 saturated heterocycles. The third-order valence-electron chi connectivity index (χ3n) is 3.38. The third-order valence-corrected chi connectivity index (χ3v) is 3.38. The Balaban J connectivity index is 1.88. The number of hydrogen-bond acceptors (Lipinski definition) is 4. The quantitative estimate of drug-likeness (QED) is 0.487. The van der Waals surface area contributed by atoms with Crippen LogP contribution in [0.2, 0.25) is 0 Å². The summed E-state index contributed by atoms with van der Waals surface area (Å²) in [5.74, 6) is 1.41. The maximum absolute atomic E-state index is 5.79. The molecule has 0 saturated carbocycles. The molecule has 6 nitrogen and oxygen atoms in total. The van der Waals surface area contributed by atoms with Crippen LogP contribution < -0.4 is 16.0 Å². The molecule has 120 valence electrons. The number of pyridine rings is 1. The second-order valence-corrected chi connectivity index (χ2v) is 5.66. The molecule has 1 fully saturated rings. The molecule has 1 unspecified atom stereocenters. The van der Waals surface area contributed by atoms with Crippen LogP contribution in [0.15, 0.2) is 35.5 Å². The highest BCUT2D eigenvalue weighted by atomic mass is 16.5. The van der Waals surface area contributed by atoms with Crippen molar-refractivity contribution in [1.29, 1.82) is 0 Å². The average Bonchev–Trinajstić information content (AvgIpc) is 2.51. The fourth-order valence-corrected chi connectivity index (χ4v) is 2.20. The van der Waals surface area contributed by atoms with Crippen molar-refractivity contribution < 1.29 is 4.74 Å². The van der Waals surface area contributed by atoms with Crippen molar-refractivity contribution in [3.05, 3.63) is 36.0 Å². The van der Waals surface area contributed by atoms with Gasteiger partial charge in [-0.3, -0.25) is 0 Å². The second kappa shape index (κ2) is 7.79. The Morgan fingerprint density at radius 3 is 3.05 bits per heavy atom. The Morgan fingerprint density at radius 1 is 1.59 bits per heavy atom. The number of nitrogens with zero attached hydrogens (tertiary/aromatic N) is 3. The van der Waals surface area contributed by atoms with Gasteiger partial charge in [0.2, 0.25) is 0 Å². The third kappa shape index (κ3) is 5.04. The number of hydrogen-bond donors (Lipinski definition) is 2. The first-order valence-corrected chi connectivity index (χ1v) is 7.54. The molecule has 22 heavy (non-hydrogen) atoms. The Morgan fingerprint density at radius 2 is 2.41 bits per heavy atom. The Kier molecular flexibility index (Phi) is 5.77. The van der Waals surface area contributed by atoms with E-state index in [1.54, 1.807) is 0 Å². The lowest BCUT2D eigenvalue weighted by Gasteiger charge is -2.32. The van der Waals surface area contributed by atoms with Crippen LogP contribution in [0.3, 0.4) is 0 Å². The smallest absolute Gasteiger partial charge is 0.189 e. The maximum Gasteiger partial charge on any atom is 0.189 e. The zero-order valence-electron chi connectivity index (χ0n) is 13.4. The summed E-state index contributed by atoms with van der Waals surface area (Å²) < 4.78 is 5.54. The molecule has 1 aliphatic heterocycles. The molecule has 0 radical (unpaired) electrons. The van der Waals surface area contributed by atoms with Gasteiger partial charge in [-0.1, -0.05) is 18.2 Å². The summed E-state index contributed by atoms with van der Waals surface area (Å²) in [4.78, 5) is 11.0. The lowest BCUT2D eigenvalue weighted by Crippen LogP contribution is -2.41. The fraction of sp³-hybridized carbons (Fsp3) is 0.500. The number of aliphatic imine (C=N–C) groups is 1. The first-order valence-electron chi connectivity index (χ1n) is 7.54. The summed E-state index contributed by atoms with van der Waals surface area (Å²) in [6.45, 7) is 11.5. The highest BCUT2D eigenvalue weighted by molar-refractivity contribution is 5.78. The normalized spacial score (nSPS) is 19.1. The van der Waals surface area contributed by atoms with Gasteiger partial charge in [0.25, 0.3) is 0 Å². The van der Waals surface area contributed by atoms with Gasteiger partial charge in [0, 0.05) is 25.8 Å². The van der Waals surface area contributed by atoms with Gasteiger partial charge in [0.15, 0.2) is 5.96 Å². The highest BCUT2D eigenvalue weighted by Crippen LogP contribution is 2.15. The largest absolute Gasteiger partial charge is 0.375 e. The molecule has 3 N–H and O–H groups in total. The van der Waals surface area contributed by atoms with Gasteiger partial charge in [-0.25, -0.2) is 9.98 Å². The number of anilines is 1. The van der Waals surface area contributed by atoms with Gasteiger partial charge in [0.05, 0.1) is 19.3 Å². The molecule has 1 aliphatic rings. The zero-order valence-corrected chi connectivity index (χ0v) is 13.4. The van der Waals surface area contributed by atoms with Gasteiger partial charge in [-0.15, -0.1) is 0 Å². The average molecular weight is 303 g/mol. The van der Waals surface area contributed by atoms with Gasteiger partial charge in [-0.05, 0) is 25.5 Å². The van der Waals surface area contributed by atoms with Gasteiger partial charge >= 0.3 is 0 Å². The van der Waals surface area contributed by atoms with Crippen LogP contribution in [0.5, 0.6) is 0 Å². The monoisotopic (exact) mass is 303 g/mol. The lowest BCUT2D eigenvalue weighted by atomic mass is 10.2. The molecular weight excluding hydrogens is 278 g/mol. The Bertz CT molecular complexity index is 526. The Hall–Kier alpha value is -2.08. The summed E-state index contributed by atoms with van der Waals surface area (Å²) in [6.07, 6.45) is 2.10. The minimum atomic E-state index is 0.249. The first-order chi connectivity index (χ1) is 10.5. The highest BCUT2D eigenvalue weighted by Gasteiger charge is 2.17. The van der Waals surface area contributed by atoms with Gasteiger partial charge in [-0.2, -0.15) is 0 Å². The summed E-state index contributed by atoms with van der Waals surface area (Å²) >= 11 is 0. The van der Waals surface area contributed by atoms with Crippen molar-refractivity contribution in [3.63, 3.8) is 0 Å². The molecule has 1 aromatic rings. The van der Waals surface area contributed by atoms with E-state index in [0.717, 1.165) is 36.7 Å². The van der Waals surface area contributed by atoms with Crippen molar-refractivity contribution in [3.8, 4) is 0 Å². The van der Waals surface area contributed by atoms with Crippen LogP contribution in [0.4, 0.5) is 5.82 Å². The van der Waals surface area contributed by atoms with Crippen LogP contribution in [0.1, 0.15) is 19.4 Å². The maximum atomic E-state index is 5.79. The van der Waals surface area contributed by atoms with Crippen molar-refractivity contribution in [1.82, 2.24) is 10.3 Å². The van der Waals surface area contributed by atoms with Crippen molar-refractivity contribution in [2.24, 2.45) is 10.7 Å². The molecule has 0 spiro atoms. The van der Waals surface area contributed by atoms with Crippen LogP contribution in [-0.4, -0.2) is 43.3 Å². The summed E-state index contributed by atoms with van der Waals surface area (Å²) in [5.41, 5.74) is 7.84. The van der Waals surface area contributed by atoms with Crippen molar-refractivity contribution in [2.45, 2.75) is 26.5 Å². The molecular formula is C16H25N5O. The van der Waals surface area contributed by atoms with Crippen LogP contribution in [0.25, 0.3) is 0 Å². The molecule has 2 rings (SSSR count). The predicted octanol–water partition coefficient (Wildman–Crippen LogP) is 1.29. The molecule has 1 atom stereocenters. The summed E-state index contributed by atoms with van der Waals surface area (Å²) in [7, 11) is 0. The van der Waals surface area contributed by atoms with Crippen molar-refractivity contribution >= 4 is 11.8 Å². The number of guanidine groups is 1. The van der Waals surface area contributed by atoms with E-state index in [4.69, 9.17) is 10.5 Å². The number of rotatable bonds is 5. The standard InChI is InChI=1S/C16H25N5O/c1-12(2)8-19-16(17)20-10-14-4-5-15(18-9-14)21-6-7-22-13(3)11-21/h4-5,9,13H,1,6-8,10-11H2,2-3H3,(H3,17,19,20). The number of nitrogens with one attached hydrogen (secondary N) is 1. The van der Waals surface area contributed by atoms with E-state index >= 15 is 0 Å². The molecule has 2 heterocycles. The Labute approximate surface area is 132 Å². The number of nitrogens with two attached hydrogens (primary N) is 1. The summed E-state index contributed by atoms with van der Waals surface area (Å²) in [6, 6.07) is 4.07. The van der Waals surface area contributed by atoms with E-state index < -0.39 is 0 Å². The molecule has 0 aliphatic carbocycles. The second-order valence-electron chi connectivity index (χ2n) is 5.66. The topological polar surface area (TPSA) is 75.8 Å². The van der Waals surface area contributed by atoms with E-state index in [1.165, 1.54) is 0 Å². The molecule has 0 amide bonds. The van der Waals surface area contributed by atoms with E-state index in [1.807, 2.05) is 25.3 Å². The number of morpholine rings is 1. The number of ether oxygens (including phenoxy) is 1. The minimum Gasteiger partial charge on any atom is -0.375 e.